The van der Waals surface area contributed by atoms with Crippen molar-refractivity contribution in [1.82, 2.24) is 15.2 Å². The minimum Gasteiger partial charge on any atom is -0.481 e. The minimum absolute atomic E-state index is 0.0289. The van der Waals surface area contributed by atoms with Crippen LogP contribution in [0.25, 0.3) is 0 Å². The Balaban J connectivity index is 1.31. The van der Waals surface area contributed by atoms with Gasteiger partial charge in [0.1, 0.15) is 17.1 Å². The van der Waals surface area contributed by atoms with Crippen LogP contribution in [0, 0.1) is 0 Å². The van der Waals surface area contributed by atoms with Crippen molar-refractivity contribution in [3.63, 3.8) is 0 Å². The number of thioether (sulfide) groups is 2. The molecule has 1 unspecified atom stereocenters. The molecule has 1 saturated heterocycles. The normalized spacial score (nSPS) is 22.9. The Morgan fingerprint density at radius 1 is 1.19 bits per heavy atom. The highest BCUT2D eigenvalue weighted by molar-refractivity contribution is 8.07. The Kier molecular flexibility index (Phi) is 7.09. The van der Waals surface area contributed by atoms with Crippen molar-refractivity contribution in [2.45, 2.75) is 53.8 Å². The summed E-state index contributed by atoms with van der Waals surface area (Å²) in [5.74, 6) is -2.55. The topological polar surface area (TPSA) is 137 Å². The second-order valence-electron chi connectivity index (χ2n) is 8.77. The van der Waals surface area contributed by atoms with Gasteiger partial charge in [0.05, 0.1) is 18.5 Å². The first-order valence-electron chi connectivity index (χ1n) is 11.5. The molecule has 1 aromatic heterocycles. The number of fused-ring (bicyclic) bond motifs is 2. The number of aryl methyl sites for hydroxylation is 1. The maximum absolute atomic E-state index is 12.9. The van der Waals surface area contributed by atoms with Crippen LogP contribution in [-0.2, 0) is 32.0 Å². The number of carbonyl (C=O) groups excluding carboxylic acids is 2. The first-order chi connectivity index (χ1) is 17.3. The van der Waals surface area contributed by atoms with E-state index >= 15 is 0 Å². The number of carboxylic acid groups (broad SMARTS) is 2. The summed E-state index contributed by atoms with van der Waals surface area (Å²) in [7, 11) is 0. The summed E-state index contributed by atoms with van der Waals surface area (Å²) in [6.07, 6.45) is 2.68. The zero-order valence-corrected chi connectivity index (χ0v) is 21.5. The van der Waals surface area contributed by atoms with Crippen LogP contribution >= 0.6 is 34.9 Å². The lowest BCUT2D eigenvalue weighted by Crippen LogP contribution is -2.70. The zero-order chi connectivity index (χ0) is 25.4. The maximum Gasteiger partial charge on any atom is 0.353 e. The van der Waals surface area contributed by atoms with Crippen LogP contribution in [0.1, 0.15) is 41.3 Å². The number of hydrogen-bond donors (Lipinski definition) is 3. The van der Waals surface area contributed by atoms with E-state index in [0.717, 1.165) is 35.4 Å². The summed E-state index contributed by atoms with van der Waals surface area (Å²) in [5.41, 5.74) is 1.56. The van der Waals surface area contributed by atoms with Gasteiger partial charge >= 0.3 is 11.9 Å². The van der Waals surface area contributed by atoms with Crippen molar-refractivity contribution < 1.29 is 29.4 Å². The fourth-order valence-electron chi connectivity index (χ4n) is 4.72. The molecule has 1 aromatic carbocycles. The van der Waals surface area contributed by atoms with Gasteiger partial charge in [-0.25, -0.2) is 9.78 Å². The van der Waals surface area contributed by atoms with E-state index in [9.17, 15) is 29.4 Å². The number of carbonyl (C=O) groups is 4. The van der Waals surface area contributed by atoms with E-state index in [2.05, 4.69) is 10.3 Å². The van der Waals surface area contributed by atoms with Crippen molar-refractivity contribution in [2.75, 3.05) is 5.75 Å². The van der Waals surface area contributed by atoms with Gasteiger partial charge in [-0.3, -0.25) is 19.3 Å². The Labute approximate surface area is 219 Å². The van der Waals surface area contributed by atoms with Gasteiger partial charge in [-0.2, -0.15) is 0 Å². The number of hydrogen-bond acceptors (Lipinski definition) is 8. The van der Waals surface area contributed by atoms with Crippen LogP contribution < -0.4 is 5.32 Å². The molecule has 2 aliphatic heterocycles. The summed E-state index contributed by atoms with van der Waals surface area (Å²) in [4.78, 5) is 56.3. The Morgan fingerprint density at radius 3 is 2.69 bits per heavy atom. The third-order valence-corrected chi connectivity index (χ3v) is 10.1. The summed E-state index contributed by atoms with van der Waals surface area (Å²) in [6.45, 7) is 0. The van der Waals surface area contributed by atoms with E-state index in [0.29, 0.717) is 15.0 Å². The predicted octanol–water partition coefficient (Wildman–Crippen LogP) is 3.07. The van der Waals surface area contributed by atoms with E-state index in [1.807, 2.05) is 30.3 Å². The molecular formula is C24H23N3O6S3. The molecule has 2 amide bonds. The quantitative estimate of drug-likeness (QED) is 0.428. The summed E-state index contributed by atoms with van der Waals surface area (Å²) >= 11 is 4.11. The molecule has 0 spiro atoms. The lowest BCUT2D eigenvalue weighted by Gasteiger charge is -2.49. The third-order valence-electron chi connectivity index (χ3n) is 6.34. The molecule has 0 radical (unpaired) electrons. The highest BCUT2D eigenvalue weighted by Crippen LogP contribution is 2.47. The largest absolute Gasteiger partial charge is 0.481 e. The molecule has 3 aliphatic rings. The number of aromatic nitrogens is 1. The highest BCUT2D eigenvalue weighted by atomic mass is 32.2. The average Bonchev–Trinajstić information content (AvgIpc) is 3.26. The number of carboxylic acids is 2. The van der Waals surface area contributed by atoms with E-state index in [4.69, 9.17) is 0 Å². The van der Waals surface area contributed by atoms with Crippen molar-refractivity contribution in [3.8, 4) is 0 Å². The van der Waals surface area contributed by atoms with Crippen LogP contribution in [0.2, 0.25) is 0 Å². The second-order valence-corrected chi connectivity index (χ2v) is 12.3. The molecule has 3 atom stereocenters. The summed E-state index contributed by atoms with van der Waals surface area (Å²) < 4.78 is 0.658. The van der Waals surface area contributed by atoms with Crippen LogP contribution in [0.5, 0.6) is 0 Å². The van der Waals surface area contributed by atoms with E-state index in [1.54, 1.807) is 0 Å². The predicted molar refractivity (Wildman–Crippen MR) is 136 cm³/mol. The number of rotatable bonds is 8. The smallest absolute Gasteiger partial charge is 0.353 e. The molecule has 0 bridgehead atoms. The lowest BCUT2D eigenvalue weighted by atomic mass is 9.89. The first kappa shape index (κ1) is 24.8. The lowest BCUT2D eigenvalue weighted by molar-refractivity contribution is -0.150. The summed E-state index contributed by atoms with van der Waals surface area (Å²) in [5, 5.41) is 21.5. The van der Waals surface area contributed by atoms with Crippen molar-refractivity contribution in [2.24, 2.45) is 0 Å². The van der Waals surface area contributed by atoms with Crippen LogP contribution in [-0.4, -0.2) is 61.0 Å². The molecule has 9 nitrogen and oxygen atoms in total. The van der Waals surface area contributed by atoms with Crippen LogP contribution in [0.3, 0.4) is 0 Å². The Hall–Kier alpha value is -2.83. The van der Waals surface area contributed by atoms with Gasteiger partial charge in [-0.05, 0) is 24.8 Å². The highest BCUT2D eigenvalue weighted by Gasteiger charge is 2.54. The number of amides is 2. The molecule has 36 heavy (non-hydrogen) atoms. The second kappa shape index (κ2) is 10.3. The molecule has 3 N–H and O–H groups in total. The van der Waals surface area contributed by atoms with Crippen LogP contribution in [0.4, 0.5) is 0 Å². The van der Waals surface area contributed by atoms with Crippen molar-refractivity contribution in [1.29, 1.82) is 0 Å². The third kappa shape index (κ3) is 4.89. The molecule has 1 aliphatic carbocycles. The maximum atomic E-state index is 12.9. The first-order valence-corrected chi connectivity index (χ1v) is 14.1. The Morgan fingerprint density at radius 2 is 1.97 bits per heavy atom. The average molecular weight is 546 g/mol. The number of nitrogens with one attached hydrogen (secondary N) is 1. The zero-order valence-electron chi connectivity index (χ0n) is 19.0. The number of aliphatic carboxylic acids is 2. The fourth-order valence-corrected chi connectivity index (χ4v) is 8.68. The van der Waals surface area contributed by atoms with Gasteiger partial charge in [0.2, 0.25) is 5.91 Å². The minimum atomic E-state index is -1.20. The van der Waals surface area contributed by atoms with Gasteiger partial charge < -0.3 is 15.5 Å². The van der Waals surface area contributed by atoms with Gasteiger partial charge in [0.15, 0.2) is 4.34 Å². The molecular weight excluding hydrogens is 522 g/mol. The molecule has 0 saturated carbocycles. The monoisotopic (exact) mass is 545 g/mol. The van der Waals surface area contributed by atoms with Gasteiger partial charge in [-0.1, -0.05) is 42.1 Å². The Bertz CT molecular complexity index is 1260. The van der Waals surface area contributed by atoms with E-state index in [1.165, 1.54) is 39.8 Å². The fraction of sp³-hybridized carbons (Fsp3) is 0.375. The number of thiazole rings is 1. The molecule has 12 heteroatoms. The van der Waals surface area contributed by atoms with E-state index in [-0.39, 0.29) is 30.4 Å². The van der Waals surface area contributed by atoms with Crippen molar-refractivity contribution in [3.05, 3.63) is 57.1 Å². The molecule has 188 valence electrons. The van der Waals surface area contributed by atoms with Gasteiger partial charge in [-0.15, -0.1) is 23.1 Å². The standard InChI is InChI=1S/C24H23N3O6S3/c28-16(9-12-5-2-1-3-6-12)25-19-21(31)27-20(23(32)33)15(11-34-22(19)27)36-24-26-18-13(10-17(29)30)7-4-8-14(18)35-24/h1-3,5-6,13,19,22H,4,7-11H2,(H,25,28)(H,29,30)(H,32,33)/t13?,19-,22-/m1/s1. The SMILES string of the molecule is O=C(O)CC1CCCc2sc(SC3=C(C(=O)O)N4C(=O)[C@@H](NC(=O)Cc5ccccc5)[C@H]4SC3)nc21. The van der Waals surface area contributed by atoms with Crippen molar-refractivity contribution >= 4 is 58.6 Å². The number of β-lactam (4-membered cyclic amide) rings is 1. The molecule has 5 rings (SSSR count). The molecule has 2 aromatic rings. The molecule has 3 heterocycles. The summed E-state index contributed by atoms with van der Waals surface area (Å²) in [6, 6.07) is 8.43. The van der Waals surface area contributed by atoms with Gasteiger partial charge in [0.25, 0.3) is 5.91 Å². The number of benzene rings is 1. The van der Waals surface area contributed by atoms with E-state index < -0.39 is 29.3 Å². The van der Waals surface area contributed by atoms with Crippen LogP contribution in [0.15, 0.2) is 45.3 Å². The molecule has 1 fully saturated rings. The van der Waals surface area contributed by atoms with Gasteiger partial charge in [0, 0.05) is 21.5 Å². The number of nitrogens with zero attached hydrogens (tertiary/aromatic N) is 2.